The van der Waals surface area contributed by atoms with Crippen LogP contribution in [-0.2, 0) is 13.6 Å². The minimum absolute atomic E-state index is 0. The molecule has 1 fully saturated rings. The van der Waals surface area contributed by atoms with Gasteiger partial charge in [0.25, 0.3) is 0 Å². The Hall–Kier alpha value is -2.04. The van der Waals surface area contributed by atoms with Crippen molar-refractivity contribution in [2.75, 3.05) is 39.1 Å². The molecular formula is C18H28IN7O. The van der Waals surface area contributed by atoms with Crippen LogP contribution in [0.25, 0.3) is 0 Å². The quantitative estimate of drug-likeness (QED) is 0.395. The van der Waals surface area contributed by atoms with E-state index in [9.17, 15) is 0 Å². The maximum Gasteiger partial charge on any atom is 0.213 e. The van der Waals surface area contributed by atoms with Gasteiger partial charge in [-0.2, -0.15) is 0 Å². The largest absolute Gasteiger partial charge is 0.472 e. The van der Waals surface area contributed by atoms with Crippen LogP contribution in [0.2, 0.25) is 0 Å². The number of pyridine rings is 1. The number of imidazole rings is 1. The molecule has 0 bridgehead atoms. The summed E-state index contributed by atoms with van der Waals surface area (Å²) in [4.78, 5) is 17.3. The Morgan fingerprint density at radius 3 is 2.81 bits per heavy atom. The molecule has 1 saturated heterocycles. The summed E-state index contributed by atoms with van der Waals surface area (Å²) in [5, 5.41) is 3.43. The number of nitrogens with zero attached hydrogens (tertiary/aromatic N) is 6. The monoisotopic (exact) mass is 485 g/mol. The van der Waals surface area contributed by atoms with Gasteiger partial charge in [0.1, 0.15) is 6.10 Å². The molecule has 1 aliphatic heterocycles. The first-order chi connectivity index (χ1) is 12.6. The average Bonchev–Trinajstić information content (AvgIpc) is 3.24. The molecule has 9 heteroatoms. The van der Waals surface area contributed by atoms with Crippen LogP contribution in [-0.4, -0.2) is 65.7 Å². The minimum atomic E-state index is 0. The van der Waals surface area contributed by atoms with Crippen LogP contribution < -0.4 is 15.0 Å². The first kappa shape index (κ1) is 21.3. The first-order valence-corrected chi connectivity index (χ1v) is 8.79. The fraction of sp³-hybridized carbons (Fsp3) is 0.500. The van der Waals surface area contributed by atoms with E-state index >= 15 is 0 Å². The van der Waals surface area contributed by atoms with Crippen molar-refractivity contribution in [3.8, 4) is 5.88 Å². The van der Waals surface area contributed by atoms with Crippen LogP contribution in [0.5, 0.6) is 5.88 Å². The topological polar surface area (TPSA) is 70.8 Å². The summed E-state index contributed by atoms with van der Waals surface area (Å²) >= 11 is 0. The molecule has 8 nitrogen and oxygen atoms in total. The van der Waals surface area contributed by atoms with Crippen LogP contribution in [0, 0.1) is 0 Å². The van der Waals surface area contributed by atoms with Crippen molar-refractivity contribution in [1.82, 2.24) is 24.8 Å². The van der Waals surface area contributed by atoms with Gasteiger partial charge < -0.3 is 24.4 Å². The van der Waals surface area contributed by atoms with E-state index in [2.05, 4.69) is 29.7 Å². The highest BCUT2D eigenvalue weighted by Gasteiger charge is 2.26. The molecule has 0 radical (unpaired) electrons. The number of hydrogen-bond donors (Lipinski definition) is 1. The van der Waals surface area contributed by atoms with Gasteiger partial charge in [0, 0.05) is 53.4 Å². The summed E-state index contributed by atoms with van der Waals surface area (Å²) in [5.41, 5.74) is 1.11. The van der Waals surface area contributed by atoms with E-state index in [1.54, 1.807) is 6.20 Å². The van der Waals surface area contributed by atoms with E-state index in [-0.39, 0.29) is 30.1 Å². The number of halogens is 1. The smallest absolute Gasteiger partial charge is 0.213 e. The lowest BCUT2D eigenvalue weighted by Gasteiger charge is -2.22. The van der Waals surface area contributed by atoms with Gasteiger partial charge in [-0.05, 0) is 6.07 Å². The molecule has 0 saturated carbocycles. The Balaban J connectivity index is 0.00000261. The van der Waals surface area contributed by atoms with E-state index in [1.165, 1.54) is 0 Å². The van der Waals surface area contributed by atoms with Crippen LogP contribution in [0.3, 0.4) is 0 Å². The van der Waals surface area contributed by atoms with E-state index in [0.717, 1.165) is 37.1 Å². The number of nitrogens with one attached hydrogen (secondary N) is 1. The summed E-state index contributed by atoms with van der Waals surface area (Å²) in [5.74, 6) is 2.49. The number of anilines is 1. The SMILES string of the molecule is CN=C(NCc1cnc(N(C)C)n1C)N1CCC(Oc2ccccn2)C1.I. The van der Waals surface area contributed by atoms with Crippen LogP contribution >= 0.6 is 24.0 Å². The summed E-state index contributed by atoms with van der Waals surface area (Å²) in [6.07, 6.45) is 4.72. The Kier molecular flexibility index (Phi) is 7.69. The second-order valence-electron chi connectivity index (χ2n) is 6.55. The highest BCUT2D eigenvalue weighted by molar-refractivity contribution is 14.0. The Bertz CT molecular complexity index is 747. The normalized spacial score (nSPS) is 16.8. The molecule has 148 valence electrons. The molecule has 27 heavy (non-hydrogen) atoms. The summed E-state index contributed by atoms with van der Waals surface area (Å²) in [7, 11) is 7.81. The third kappa shape index (κ3) is 5.24. The van der Waals surface area contributed by atoms with Crippen molar-refractivity contribution >= 4 is 35.9 Å². The number of hydrogen-bond acceptors (Lipinski definition) is 5. The lowest BCUT2D eigenvalue weighted by molar-refractivity contribution is 0.205. The van der Waals surface area contributed by atoms with Crippen LogP contribution in [0.15, 0.2) is 35.6 Å². The molecule has 1 aliphatic rings. The van der Waals surface area contributed by atoms with Crippen molar-refractivity contribution in [2.45, 2.75) is 19.1 Å². The van der Waals surface area contributed by atoms with Gasteiger partial charge in [0.15, 0.2) is 5.96 Å². The van der Waals surface area contributed by atoms with Crippen LogP contribution in [0.1, 0.15) is 12.1 Å². The van der Waals surface area contributed by atoms with Crippen molar-refractivity contribution in [3.63, 3.8) is 0 Å². The molecule has 0 aliphatic carbocycles. The van der Waals surface area contributed by atoms with Crippen LogP contribution in [0.4, 0.5) is 5.95 Å². The number of aromatic nitrogens is 3. The van der Waals surface area contributed by atoms with Gasteiger partial charge in [0.05, 0.1) is 25.0 Å². The number of guanidine groups is 1. The third-order valence-corrected chi connectivity index (χ3v) is 4.47. The van der Waals surface area contributed by atoms with E-state index in [0.29, 0.717) is 12.4 Å². The van der Waals surface area contributed by atoms with Gasteiger partial charge >= 0.3 is 0 Å². The van der Waals surface area contributed by atoms with Gasteiger partial charge in [-0.3, -0.25) is 4.99 Å². The zero-order chi connectivity index (χ0) is 18.5. The predicted octanol–water partition coefficient (Wildman–Crippen LogP) is 1.73. The first-order valence-electron chi connectivity index (χ1n) is 8.79. The number of ether oxygens (including phenoxy) is 1. The number of aliphatic imine (C=N–C) groups is 1. The Labute approximate surface area is 177 Å². The summed E-state index contributed by atoms with van der Waals surface area (Å²) < 4.78 is 8.04. The lowest BCUT2D eigenvalue weighted by Crippen LogP contribution is -2.40. The minimum Gasteiger partial charge on any atom is -0.472 e. The summed E-state index contributed by atoms with van der Waals surface area (Å²) in [6, 6.07) is 5.71. The number of rotatable bonds is 5. The molecule has 0 amide bonds. The molecule has 1 atom stereocenters. The highest BCUT2D eigenvalue weighted by Crippen LogP contribution is 2.16. The zero-order valence-electron chi connectivity index (χ0n) is 16.3. The molecule has 0 aromatic carbocycles. The Morgan fingerprint density at radius 1 is 1.37 bits per heavy atom. The molecule has 3 heterocycles. The zero-order valence-corrected chi connectivity index (χ0v) is 18.6. The van der Waals surface area contributed by atoms with E-state index in [4.69, 9.17) is 4.74 Å². The maximum atomic E-state index is 5.96. The maximum absolute atomic E-state index is 5.96. The fourth-order valence-corrected chi connectivity index (χ4v) is 3.12. The average molecular weight is 485 g/mol. The van der Waals surface area contributed by atoms with Gasteiger partial charge in [-0.15, -0.1) is 24.0 Å². The molecule has 0 spiro atoms. The Morgan fingerprint density at radius 2 is 2.19 bits per heavy atom. The van der Waals surface area contributed by atoms with Crippen molar-refractivity contribution < 1.29 is 4.74 Å². The number of likely N-dealkylation sites (tertiary alicyclic amines) is 1. The standard InChI is InChI=1S/C18H27N7O.HI/c1-19-17(21-11-14-12-22-18(23(2)3)24(14)4)25-10-8-15(13-25)26-16-7-5-6-9-20-16;/h5-7,9,12,15H,8,10-11,13H2,1-4H3,(H,19,21);1H. The van der Waals surface area contributed by atoms with Gasteiger partial charge in [-0.1, -0.05) is 6.07 Å². The van der Waals surface area contributed by atoms with Crippen molar-refractivity contribution in [2.24, 2.45) is 12.0 Å². The van der Waals surface area contributed by atoms with E-state index in [1.807, 2.05) is 57.5 Å². The van der Waals surface area contributed by atoms with Crippen molar-refractivity contribution in [3.05, 3.63) is 36.3 Å². The molecule has 2 aromatic heterocycles. The predicted molar refractivity (Wildman–Crippen MR) is 118 cm³/mol. The van der Waals surface area contributed by atoms with Crippen molar-refractivity contribution in [1.29, 1.82) is 0 Å². The third-order valence-electron chi connectivity index (χ3n) is 4.47. The molecular weight excluding hydrogens is 457 g/mol. The lowest BCUT2D eigenvalue weighted by atomic mass is 10.3. The van der Waals surface area contributed by atoms with Gasteiger partial charge in [-0.25, -0.2) is 9.97 Å². The highest BCUT2D eigenvalue weighted by atomic mass is 127. The molecule has 1 N–H and O–H groups in total. The molecule has 3 rings (SSSR count). The van der Waals surface area contributed by atoms with Gasteiger partial charge in [0.2, 0.25) is 11.8 Å². The summed E-state index contributed by atoms with van der Waals surface area (Å²) in [6.45, 7) is 2.38. The second kappa shape index (κ2) is 9.77. The second-order valence-corrected chi connectivity index (χ2v) is 6.55. The fourth-order valence-electron chi connectivity index (χ4n) is 3.12. The van der Waals surface area contributed by atoms with E-state index < -0.39 is 0 Å². The molecule has 1 unspecified atom stereocenters. The molecule has 2 aromatic rings.